The van der Waals surface area contributed by atoms with Crippen molar-refractivity contribution in [3.63, 3.8) is 0 Å². The summed E-state index contributed by atoms with van der Waals surface area (Å²) in [5.74, 6) is -0.286. The Morgan fingerprint density at radius 2 is 1.47 bits per heavy atom. The standard InChI is InChI=1S/C27H18ClN5O5/c28-19-10-4-5-11-20(19)30-26-23(32(35)36)15-18(16-24(26)33(37)38)27(34)31-22-13-7-6-12-21(22)29-25(31)14-17-8-2-1-3-9-17/h1-13,15-16,30H,14H2. The molecule has 0 saturated heterocycles. The number of halogens is 1. The van der Waals surface area contributed by atoms with Crippen molar-refractivity contribution in [3.05, 3.63) is 133 Å². The lowest BCUT2D eigenvalue weighted by molar-refractivity contribution is -0.392. The third-order valence-corrected chi connectivity index (χ3v) is 6.24. The minimum absolute atomic E-state index is 0.215. The average Bonchev–Trinajstić information content (AvgIpc) is 3.27. The molecule has 1 heterocycles. The molecule has 38 heavy (non-hydrogen) atoms. The van der Waals surface area contributed by atoms with Crippen LogP contribution >= 0.6 is 11.6 Å². The Labute approximate surface area is 220 Å². The van der Waals surface area contributed by atoms with E-state index in [4.69, 9.17) is 11.6 Å². The molecule has 0 spiro atoms. The van der Waals surface area contributed by atoms with Gasteiger partial charge >= 0.3 is 11.4 Å². The van der Waals surface area contributed by atoms with Crippen molar-refractivity contribution in [3.8, 4) is 0 Å². The maximum Gasteiger partial charge on any atom is 0.300 e. The second-order valence-corrected chi connectivity index (χ2v) is 8.74. The molecule has 1 aromatic heterocycles. The molecule has 0 amide bonds. The summed E-state index contributed by atoms with van der Waals surface area (Å²) >= 11 is 6.16. The number of carbonyl (C=O) groups is 1. The van der Waals surface area contributed by atoms with E-state index in [0.29, 0.717) is 23.3 Å². The molecule has 0 saturated carbocycles. The molecule has 5 aromatic rings. The van der Waals surface area contributed by atoms with Gasteiger partial charge in [-0.1, -0.05) is 66.2 Å². The number of nitrogens with zero attached hydrogens (tertiary/aromatic N) is 4. The molecular weight excluding hydrogens is 510 g/mol. The first kappa shape index (κ1) is 24.6. The molecule has 0 aliphatic rings. The number of hydrogen-bond donors (Lipinski definition) is 1. The van der Waals surface area contributed by atoms with E-state index in [0.717, 1.165) is 17.7 Å². The minimum Gasteiger partial charge on any atom is -0.343 e. The Morgan fingerprint density at radius 3 is 2.13 bits per heavy atom. The molecule has 0 aliphatic carbocycles. The Hall–Kier alpha value is -5.09. The van der Waals surface area contributed by atoms with Gasteiger partial charge in [0, 0.05) is 18.6 Å². The number of rotatable bonds is 7. The first-order valence-electron chi connectivity index (χ1n) is 11.4. The van der Waals surface area contributed by atoms with Gasteiger partial charge in [-0.3, -0.25) is 29.6 Å². The highest BCUT2D eigenvalue weighted by molar-refractivity contribution is 6.33. The topological polar surface area (TPSA) is 133 Å². The second kappa shape index (κ2) is 10.1. The van der Waals surface area contributed by atoms with E-state index in [9.17, 15) is 25.0 Å². The van der Waals surface area contributed by atoms with E-state index in [2.05, 4.69) is 10.3 Å². The van der Waals surface area contributed by atoms with Crippen LogP contribution < -0.4 is 5.32 Å². The normalized spacial score (nSPS) is 10.9. The zero-order chi connectivity index (χ0) is 26.8. The highest BCUT2D eigenvalue weighted by atomic mass is 35.5. The smallest absolute Gasteiger partial charge is 0.300 e. The number of carbonyl (C=O) groups excluding carboxylic acids is 1. The van der Waals surface area contributed by atoms with Crippen LogP contribution in [-0.4, -0.2) is 25.3 Å². The van der Waals surface area contributed by atoms with Gasteiger partial charge < -0.3 is 5.32 Å². The quantitative estimate of drug-likeness (QED) is 0.188. The number of aromatic nitrogens is 2. The van der Waals surface area contributed by atoms with Crippen molar-refractivity contribution < 1.29 is 14.6 Å². The zero-order valence-corrected chi connectivity index (χ0v) is 20.3. The second-order valence-electron chi connectivity index (χ2n) is 8.33. The number of nitrogens with one attached hydrogen (secondary N) is 1. The molecule has 0 aliphatic heterocycles. The monoisotopic (exact) mass is 527 g/mol. The lowest BCUT2D eigenvalue weighted by atomic mass is 10.1. The number of para-hydroxylation sites is 3. The Balaban J connectivity index is 1.67. The van der Waals surface area contributed by atoms with Gasteiger partial charge in [0.25, 0.3) is 5.91 Å². The summed E-state index contributed by atoms with van der Waals surface area (Å²) in [5, 5.41) is 27.0. The lowest BCUT2D eigenvalue weighted by Crippen LogP contribution is -2.17. The van der Waals surface area contributed by atoms with E-state index in [1.165, 1.54) is 16.7 Å². The molecule has 11 heteroatoms. The first-order chi connectivity index (χ1) is 18.3. The largest absolute Gasteiger partial charge is 0.343 e. The van der Waals surface area contributed by atoms with Crippen LogP contribution in [0.3, 0.4) is 0 Å². The van der Waals surface area contributed by atoms with Gasteiger partial charge in [-0.15, -0.1) is 0 Å². The van der Waals surface area contributed by atoms with Crippen LogP contribution in [0.15, 0.2) is 91.0 Å². The van der Waals surface area contributed by atoms with Crippen LogP contribution in [-0.2, 0) is 6.42 Å². The van der Waals surface area contributed by atoms with Crippen molar-refractivity contribution in [2.24, 2.45) is 0 Å². The molecule has 0 bridgehead atoms. The van der Waals surface area contributed by atoms with E-state index in [1.807, 2.05) is 30.3 Å². The number of hydrogen-bond acceptors (Lipinski definition) is 7. The molecule has 0 fully saturated rings. The van der Waals surface area contributed by atoms with Crippen LogP contribution in [0.2, 0.25) is 5.02 Å². The van der Waals surface area contributed by atoms with Crippen molar-refractivity contribution in [1.29, 1.82) is 0 Å². The lowest BCUT2D eigenvalue weighted by Gasteiger charge is -2.12. The summed E-state index contributed by atoms with van der Waals surface area (Å²) in [6.45, 7) is 0. The van der Waals surface area contributed by atoms with Gasteiger partial charge in [-0.2, -0.15) is 0 Å². The van der Waals surface area contributed by atoms with Crippen LogP contribution in [0.5, 0.6) is 0 Å². The van der Waals surface area contributed by atoms with Crippen LogP contribution in [0.4, 0.5) is 22.7 Å². The minimum atomic E-state index is -0.778. The SMILES string of the molecule is O=C(c1cc([N+](=O)[O-])c(Nc2ccccc2Cl)c([N+](=O)[O-])c1)n1c(Cc2ccccc2)nc2ccccc21. The molecule has 4 aromatic carbocycles. The van der Waals surface area contributed by atoms with E-state index in [-0.39, 0.29) is 22.0 Å². The fourth-order valence-corrected chi connectivity index (χ4v) is 4.36. The highest BCUT2D eigenvalue weighted by Gasteiger charge is 2.30. The summed E-state index contributed by atoms with van der Waals surface area (Å²) in [6.07, 6.45) is 0.303. The average molecular weight is 528 g/mol. The number of imidazole rings is 1. The molecule has 10 nitrogen and oxygen atoms in total. The number of nitro groups is 2. The summed E-state index contributed by atoms with van der Waals surface area (Å²) < 4.78 is 1.34. The van der Waals surface area contributed by atoms with Gasteiger partial charge in [0.2, 0.25) is 0 Å². The van der Waals surface area contributed by atoms with Crippen molar-refractivity contribution in [1.82, 2.24) is 9.55 Å². The Kier molecular flexibility index (Phi) is 6.55. The first-order valence-corrected chi connectivity index (χ1v) is 11.7. The third-order valence-electron chi connectivity index (χ3n) is 5.91. The highest BCUT2D eigenvalue weighted by Crippen LogP contribution is 2.39. The molecular formula is C27H18ClN5O5. The zero-order valence-electron chi connectivity index (χ0n) is 19.6. The predicted octanol–water partition coefficient (Wildman–Crippen LogP) is 6.53. The molecule has 0 atom stereocenters. The van der Waals surface area contributed by atoms with E-state index < -0.39 is 27.1 Å². The molecule has 188 valence electrons. The van der Waals surface area contributed by atoms with Crippen molar-refractivity contribution in [2.45, 2.75) is 6.42 Å². The van der Waals surface area contributed by atoms with Crippen LogP contribution in [0, 0.1) is 20.2 Å². The van der Waals surface area contributed by atoms with Crippen LogP contribution in [0.25, 0.3) is 11.0 Å². The number of fused-ring (bicyclic) bond motifs is 1. The van der Waals surface area contributed by atoms with Crippen LogP contribution in [0.1, 0.15) is 21.7 Å². The number of nitro benzene ring substituents is 2. The fraction of sp³-hybridized carbons (Fsp3) is 0.0370. The Morgan fingerprint density at radius 1 is 0.868 bits per heavy atom. The van der Waals surface area contributed by atoms with Crippen molar-refractivity contribution in [2.75, 3.05) is 5.32 Å². The molecule has 5 rings (SSSR count). The van der Waals surface area contributed by atoms with Gasteiger partial charge in [-0.05, 0) is 29.8 Å². The summed E-state index contributed by atoms with van der Waals surface area (Å²) in [5.41, 5.74) is 0.265. The van der Waals surface area contributed by atoms with Gasteiger partial charge in [0.05, 0.1) is 37.2 Å². The number of benzene rings is 4. The van der Waals surface area contributed by atoms with Gasteiger partial charge in [0.15, 0.2) is 5.69 Å². The summed E-state index contributed by atoms with van der Waals surface area (Å²) in [6, 6.07) is 24.7. The molecule has 0 unspecified atom stereocenters. The van der Waals surface area contributed by atoms with Gasteiger partial charge in [-0.25, -0.2) is 4.98 Å². The molecule has 0 radical (unpaired) electrons. The van der Waals surface area contributed by atoms with E-state index in [1.54, 1.807) is 36.4 Å². The van der Waals surface area contributed by atoms with Gasteiger partial charge in [0.1, 0.15) is 5.82 Å². The summed E-state index contributed by atoms with van der Waals surface area (Å²) in [7, 11) is 0. The summed E-state index contributed by atoms with van der Waals surface area (Å²) in [4.78, 5) is 41.0. The maximum atomic E-state index is 13.8. The molecule has 1 N–H and O–H groups in total. The van der Waals surface area contributed by atoms with Crippen molar-refractivity contribution >= 4 is 51.3 Å². The maximum absolute atomic E-state index is 13.8. The Bertz CT molecular complexity index is 1680. The fourth-order valence-electron chi connectivity index (χ4n) is 4.18. The number of anilines is 2. The third kappa shape index (κ3) is 4.67. The van der Waals surface area contributed by atoms with E-state index >= 15 is 0 Å². The predicted molar refractivity (Wildman–Crippen MR) is 143 cm³/mol.